The number of rotatable bonds is 3. The predicted molar refractivity (Wildman–Crippen MR) is 117 cm³/mol. The summed E-state index contributed by atoms with van der Waals surface area (Å²) in [5.41, 5.74) is 2.84. The minimum atomic E-state index is 0.177. The molecule has 0 atom stereocenters. The van der Waals surface area contributed by atoms with Gasteiger partial charge in [0.1, 0.15) is 16.2 Å². The molecule has 0 aromatic carbocycles. The Labute approximate surface area is 178 Å². The summed E-state index contributed by atoms with van der Waals surface area (Å²) in [7, 11) is 0. The monoisotopic (exact) mass is 414 g/mol. The average molecular weight is 415 g/mol. The highest BCUT2D eigenvalue weighted by Gasteiger charge is 2.38. The van der Waals surface area contributed by atoms with Gasteiger partial charge in [0, 0.05) is 32.2 Å². The maximum Gasteiger partial charge on any atom is 0.147 e. The molecule has 0 N–H and O–H groups in total. The van der Waals surface area contributed by atoms with Crippen molar-refractivity contribution in [1.82, 2.24) is 19.9 Å². The van der Waals surface area contributed by atoms with Crippen LogP contribution in [0.15, 0.2) is 0 Å². The van der Waals surface area contributed by atoms with E-state index in [0.717, 1.165) is 60.9 Å². The highest BCUT2D eigenvalue weighted by molar-refractivity contribution is 7.18. The molecule has 1 aliphatic carbocycles. The molecule has 2 aliphatic heterocycles. The highest BCUT2D eigenvalue weighted by Crippen LogP contribution is 2.44. The van der Waals surface area contributed by atoms with Crippen LogP contribution in [0.5, 0.6) is 0 Å². The molecule has 2 aromatic rings. The minimum absolute atomic E-state index is 0.177. The van der Waals surface area contributed by atoms with Gasteiger partial charge in [0.15, 0.2) is 0 Å². The number of aryl methyl sites for hydroxylation is 1. The topological polar surface area (TPSA) is 51.1 Å². The van der Waals surface area contributed by atoms with Gasteiger partial charge in [-0.15, -0.1) is 0 Å². The lowest BCUT2D eigenvalue weighted by atomic mass is 9.73. The van der Waals surface area contributed by atoms with E-state index in [2.05, 4.69) is 18.7 Å². The fourth-order valence-corrected chi connectivity index (χ4v) is 6.60. The second-order valence-electron chi connectivity index (χ2n) is 10.3. The van der Waals surface area contributed by atoms with Gasteiger partial charge in [0.25, 0.3) is 0 Å². The van der Waals surface area contributed by atoms with Gasteiger partial charge in [-0.3, -0.25) is 4.90 Å². The molecule has 4 heterocycles. The lowest BCUT2D eigenvalue weighted by molar-refractivity contribution is -0.0448. The molecule has 5 rings (SSSR count). The number of piperidine rings is 1. The van der Waals surface area contributed by atoms with E-state index >= 15 is 0 Å². The zero-order valence-electron chi connectivity index (χ0n) is 18.2. The largest absolute Gasteiger partial charge is 0.375 e. The van der Waals surface area contributed by atoms with Crippen molar-refractivity contribution >= 4 is 21.7 Å². The van der Waals surface area contributed by atoms with Crippen molar-refractivity contribution in [3.05, 3.63) is 16.5 Å². The fourth-order valence-electron chi connectivity index (χ4n) is 5.42. The molecule has 0 amide bonds. The van der Waals surface area contributed by atoms with Crippen LogP contribution < -0.4 is 0 Å². The zero-order valence-corrected chi connectivity index (χ0v) is 19.0. The molecule has 2 saturated heterocycles. The van der Waals surface area contributed by atoms with Crippen molar-refractivity contribution in [3.8, 4) is 0 Å². The summed E-state index contributed by atoms with van der Waals surface area (Å²) in [6, 6.07) is 0. The van der Waals surface area contributed by atoms with E-state index in [1.807, 2.05) is 18.3 Å². The van der Waals surface area contributed by atoms with Gasteiger partial charge in [0.05, 0.1) is 16.3 Å². The lowest BCUT2D eigenvalue weighted by Crippen LogP contribution is -2.43. The van der Waals surface area contributed by atoms with E-state index in [4.69, 9.17) is 19.7 Å². The van der Waals surface area contributed by atoms with Crippen LogP contribution in [0.1, 0.15) is 87.7 Å². The Morgan fingerprint density at radius 3 is 2.48 bits per heavy atom. The Morgan fingerprint density at radius 1 is 1.03 bits per heavy atom. The molecule has 158 valence electrons. The molecule has 1 spiro atoms. The summed E-state index contributed by atoms with van der Waals surface area (Å²) in [5.74, 6) is 1.48. The Kier molecular flexibility index (Phi) is 5.16. The first-order chi connectivity index (χ1) is 13.9. The van der Waals surface area contributed by atoms with Crippen molar-refractivity contribution in [2.45, 2.75) is 90.2 Å². The Morgan fingerprint density at radius 2 is 1.79 bits per heavy atom. The molecule has 0 unspecified atom stereocenters. The van der Waals surface area contributed by atoms with Crippen LogP contribution in [0.3, 0.4) is 0 Å². The van der Waals surface area contributed by atoms with Crippen molar-refractivity contribution in [2.75, 3.05) is 19.7 Å². The smallest absolute Gasteiger partial charge is 0.147 e. The van der Waals surface area contributed by atoms with Crippen LogP contribution in [-0.4, -0.2) is 45.1 Å². The van der Waals surface area contributed by atoms with E-state index in [1.165, 1.54) is 43.5 Å². The molecule has 3 fully saturated rings. The van der Waals surface area contributed by atoms with Crippen molar-refractivity contribution in [3.63, 3.8) is 0 Å². The molecule has 6 heteroatoms. The van der Waals surface area contributed by atoms with E-state index in [1.54, 1.807) is 0 Å². The molecule has 29 heavy (non-hydrogen) atoms. The zero-order chi connectivity index (χ0) is 20.1. The fraction of sp³-hybridized carbons (Fsp3) is 0.783. The number of likely N-dealkylation sites (tertiary alicyclic amines) is 1. The minimum Gasteiger partial charge on any atom is -0.375 e. The molecule has 2 aromatic heterocycles. The van der Waals surface area contributed by atoms with Crippen LogP contribution in [0.25, 0.3) is 10.3 Å². The Hall–Kier alpha value is -1.11. The summed E-state index contributed by atoms with van der Waals surface area (Å²) >= 11 is 1.81. The number of thiazole rings is 1. The van der Waals surface area contributed by atoms with Crippen molar-refractivity contribution < 1.29 is 4.74 Å². The maximum atomic E-state index is 6.09. The van der Waals surface area contributed by atoms with E-state index < -0.39 is 0 Å². The maximum absolute atomic E-state index is 6.09. The van der Waals surface area contributed by atoms with Crippen LogP contribution in [0.4, 0.5) is 0 Å². The third-order valence-electron chi connectivity index (χ3n) is 7.47. The van der Waals surface area contributed by atoms with E-state index in [-0.39, 0.29) is 5.60 Å². The van der Waals surface area contributed by atoms with Gasteiger partial charge in [-0.25, -0.2) is 15.0 Å². The van der Waals surface area contributed by atoms with Crippen molar-refractivity contribution in [1.29, 1.82) is 0 Å². The molecule has 5 nitrogen and oxygen atoms in total. The second kappa shape index (κ2) is 7.54. The SMILES string of the molecule is Cc1nc(CN2CCC3(CCCO3)CC2)c2nc(C3CCC(C)(C)CC3)sc2n1. The Bertz CT molecular complexity index is 866. The number of nitrogens with zero attached hydrogens (tertiary/aromatic N) is 4. The third-order valence-corrected chi connectivity index (χ3v) is 8.59. The normalized spacial score (nSPS) is 25.2. The molecular formula is C23H34N4OS. The quantitative estimate of drug-likeness (QED) is 0.689. The summed E-state index contributed by atoms with van der Waals surface area (Å²) in [6.07, 6.45) is 9.87. The first-order valence-corrected chi connectivity index (χ1v) is 12.2. The van der Waals surface area contributed by atoms with Gasteiger partial charge in [-0.05, 0) is 63.7 Å². The number of aromatic nitrogens is 3. The summed E-state index contributed by atoms with van der Waals surface area (Å²) in [5, 5.41) is 1.29. The van der Waals surface area contributed by atoms with E-state index in [0.29, 0.717) is 11.3 Å². The molecule has 3 aliphatic rings. The predicted octanol–water partition coefficient (Wildman–Crippen LogP) is 5.22. The standard InChI is InChI=1S/C23H34N4OS/c1-16-24-18(15-27-12-10-23(11-13-27)7-4-14-28-23)19-21(25-16)29-20(26-19)17-5-8-22(2,3)9-6-17/h17H,4-15H2,1-3H3. The van der Waals surface area contributed by atoms with Crippen LogP contribution >= 0.6 is 11.3 Å². The van der Waals surface area contributed by atoms with Gasteiger partial charge >= 0.3 is 0 Å². The van der Waals surface area contributed by atoms with Crippen LogP contribution in [0, 0.1) is 12.3 Å². The van der Waals surface area contributed by atoms with Crippen LogP contribution in [0.2, 0.25) is 0 Å². The van der Waals surface area contributed by atoms with Gasteiger partial charge < -0.3 is 4.74 Å². The van der Waals surface area contributed by atoms with Crippen molar-refractivity contribution in [2.24, 2.45) is 5.41 Å². The summed E-state index contributed by atoms with van der Waals surface area (Å²) < 4.78 is 6.09. The third kappa shape index (κ3) is 4.08. The second-order valence-corrected chi connectivity index (χ2v) is 11.3. The summed E-state index contributed by atoms with van der Waals surface area (Å²) in [4.78, 5) is 18.3. The van der Waals surface area contributed by atoms with Gasteiger partial charge in [-0.2, -0.15) is 0 Å². The number of hydrogen-bond donors (Lipinski definition) is 0. The molecule has 0 bridgehead atoms. The first-order valence-electron chi connectivity index (χ1n) is 11.4. The first kappa shape index (κ1) is 19.8. The van der Waals surface area contributed by atoms with Gasteiger partial charge in [-0.1, -0.05) is 25.2 Å². The number of fused-ring (bicyclic) bond motifs is 1. The average Bonchev–Trinajstić information content (AvgIpc) is 3.31. The number of hydrogen-bond acceptors (Lipinski definition) is 6. The molecular weight excluding hydrogens is 380 g/mol. The van der Waals surface area contributed by atoms with Crippen LogP contribution in [-0.2, 0) is 11.3 Å². The number of ether oxygens (including phenoxy) is 1. The van der Waals surface area contributed by atoms with E-state index in [9.17, 15) is 0 Å². The molecule has 0 radical (unpaired) electrons. The Balaban J connectivity index is 1.33. The molecule has 1 saturated carbocycles. The summed E-state index contributed by atoms with van der Waals surface area (Å²) in [6.45, 7) is 10.8. The highest BCUT2D eigenvalue weighted by atomic mass is 32.1. The lowest BCUT2D eigenvalue weighted by Gasteiger charge is -2.38. The van der Waals surface area contributed by atoms with Gasteiger partial charge in [0.2, 0.25) is 0 Å².